The Hall–Kier alpha value is -1.26. The van der Waals surface area contributed by atoms with Crippen molar-refractivity contribution in [3.8, 4) is 0 Å². The van der Waals surface area contributed by atoms with Crippen LogP contribution in [0.5, 0.6) is 0 Å². The smallest absolute Gasteiger partial charge is 0.255 e. The van der Waals surface area contributed by atoms with Crippen molar-refractivity contribution in [3.63, 3.8) is 0 Å². The van der Waals surface area contributed by atoms with Crippen molar-refractivity contribution < 1.29 is 9.53 Å². The fourth-order valence-corrected chi connectivity index (χ4v) is 3.35. The molecule has 1 aromatic rings. The molecule has 1 aliphatic carbocycles. The van der Waals surface area contributed by atoms with E-state index in [9.17, 15) is 4.79 Å². The van der Waals surface area contributed by atoms with Crippen LogP contribution in [0.2, 0.25) is 0 Å². The third kappa shape index (κ3) is 3.93. The molecule has 5 heteroatoms. The lowest BCUT2D eigenvalue weighted by Crippen LogP contribution is -2.41. The summed E-state index contributed by atoms with van der Waals surface area (Å²) in [7, 11) is 0. The van der Waals surface area contributed by atoms with Crippen molar-refractivity contribution in [2.24, 2.45) is 0 Å². The number of nitrogens with zero attached hydrogens (tertiary/aromatic N) is 1. The van der Waals surface area contributed by atoms with E-state index in [1.165, 1.54) is 25.7 Å². The Labute approximate surface area is 138 Å². The Balaban J connectivity index is 0.00000176. The number of piperidine rings is 1. The van der Waals surface area contributed by atoms with Gasteiger partial charge in [-0.05, 0) is 37.8 Å². The lowest BCUT2D eigenvalue weighted by molar-refractivity contribution is -0.0357. The highest BCUT2D eigenvalue weighted by Crippen LogP contribution is 2.26. The first-order valence-electron chi connectivity index (χ1n) is 8.03. The summed E-state index contributed by atoms with van der Waals surface area (Å²) in [6.07, 6.45) is 7.68. The summed E-state index contributed by atoms with van der Waals surface area (Å²) >= 11 is 0. The minimum atomic E-state index is 0. The first-order chi connectivity index (χ1) is 10.2. The monoisotopic (exact) mass is 324 g/mol. The van der Waals surface area contributed by atoms with Gasteiger partial charge in [0.25, 0.3) is 5.91 Å². The van der Waals surface area contributed by atoms with Crippen molar-refractivity contribution in [1.82, 2.24) is 4.90 Å². The summed E-state index contributed by atoms with van der Waals surface area (Å²) in [6.45, 7) is 1.54. The van der Waals surface area contributed by atoms with Crippen molar-refractivity contribution in [1.29, 1.82) is 0 Å². The van der Waals surface area contributed by atoms with E-state index in [-0.39, 0.29) is 18.3 Å². The maximum Gasteiger partial charge on any atom is 0.255 e. The van der Waals surface area contributed by atoms with Gasteiger partial charge in [0.15, 0.2) is 0 Å². The van der Waals surface area contributed by atoms with Crippen molar-refractivity contribution in [3.05, 3.63) is 29.8 Å². The molecule has 0 aromatic heterocycles. The number of amides is 1. The highest BCUT2D eigenvalue weighted by Gasteiger charge is 2.27. The Kier molecular flexibility index (Phi) is 6.09. The zero-order valence-electron chi connectivity index (χ0n) is 12.9. The van der Waals surface area contributed by atoms with Crippen LogP contribution in [0.15, 0.2) is 24.3 Å². The molecule has 1 aliphatic heterocycles. The fourth-order valence-electron chi connectivity index (χ4n) is 3.35. The van der Waals surface area contributed by atoms with E-state index < -0.39 is 0 Å². The van der Waals surface area contributed by atoms with Crippen LogP contribution < -0.4 is 5.73 Å². The number of anilines is 1. The van der Waals surface area contributed by atoms with E-state index in [1.54, 1.807) is 12.1 Å². The lowest BCUT2D eigenvalue weighted by atomic mass is 10.1. The molecule has 2 fully saturated rings. The second kappa shape index (κ2) is 7.84. The van der Waals surface area contributed by atoms with Gasteiger partial charge in [-0.2, -0.15) is 0 Å². The summed E-state index contributed by atoms with van der Waals surface area (Å²) in [5, 5.41) is 0. The number of halogens is 1. The quantitative estimate of drug-likeness (QED) is 0.868. The summed E-state index contributed by atoms with van der Waals surface area (Å²) < 4.78 is 6.15. The summed E-state index contributed by atoms with van der Waals surface area (Å²) in [4.78, 5) is 14.4. The van der Waals surface area contributed by atoms with E-state index in [2.05, 4.69) is 0 Å². The minimum Gasteiger partial charge on any atom is -0.398 e. The summed E-state index contributed by atoms with van der Waals surface area (Å²) in [5.74, 6) is 0.0485. The van der Waals surface area contributed by atoms with Gasteiger partial charge >= 0.3 is 0 Å². The predicted molar refractivity (Wildman–Crippen MR) is 90.4 cm³/mol. The largest absolute Gasteiger partial charge is 0.398 e. The Morgan fingerprint density at radius 3 is 2.27 bits per heavy atom. The van der Waals surface area contributed by atoms with Gasteiger partial charge in [-0.3, -0.25) is 4.79 Å². The van der Waals surface area contributed by atoms with Crippen LogP contribution in [0.25, 0.3) is 0 Å². The molecule has 0 atom stereocenters. The molecule has 2 N–H and O–H groups in total. The van der Waals surface area contributed by atoms with Crippen LogP contribution in [0.1, 0.15) is 48.9 Å². The molecular formula is C17H25ClN2O2. The number of carbonyl (C=O) groups excluding carboxylic acids is 1. The number of carbonyl (C=O) groups is 1. The average Bonchev–Trinajstić information content (AvgIpc) is 3.01. The Morgan fingerprint density at radius 1 is 1.05 bits per heavy atom. The first-order valence-corrected chi connectivity index (χ1v) is 8.03. The second-order valence-electron chi connectivity index (χ2n) is 6.12. The molecule has 1 aromatic carbocycles. The lowest BCUT2D eigenvalue weighted by Gasteiger charge is -2.33. The Morgan fingerprint density at radius 2 is 1.64 bits per heavy atom. The topological polar surface area (TPSA) is 55.6 Å². The Bertz CT molecular complexity index is 495. The van der Waals surface area contributed by atoms with Gasteiger partial charge in [0.05, 0.1) is 17.8 Å². The van der Waals surface area contributed by atoms with E-state index in [0.717, 1.165) is 25.9 Å². The first kappa shape index (κ1) is 17.1. The SMILES string of the molecule is Cl.Nc1ccccc1C(=O)N1CCC(OC2CCCC2)CC1. The zero-order valence-corrected chi connectivity index (χ0v) is 13.7. The van der Waals surface area contributed by atoms with Gasteiger partial charge in [0.1, 0.15) is 0 Å². The van der Waals surface area contributed by atoms with Crippen molar-refractivity contribution >= 4 is 24.0 Å². The maximum absolute atomic E-state index is 12.5. The van der Waals surface area contributed by atoms with E-state index in [0.29, 0.717) is 23.5 Å². The van der Waals surface area contributed by atoms with Crippen LogP contribution in [0, 0.1) is 0 Å². The van der Waals surface area contributed by atoms with Crippen molar-refractivity contribution in [2.75, 3.05) is 18.8 Å². The number of benzene rings is 1. The molecule has 3 rings (SSSR count). The summed E-state index contributed by atoms with van der Waals surface area (Å²) in [6, 6.07) is 7.30. The number of nitrogen functional groups attached to an aromatic ring is 1. The average molecular weight is 325 g/mol. The van der Waals surface area contributed by atoms with Gasteiger partial charge in [0.2, 0.25) is 0 Å². The highest BCUT2D eigenvalue weighted by atomic mass is 35.5. The van der Waals surface area contributed by atoms with E-state index in [4.69, 9.17) is 10.5 Å². The number of nitrogens with two attached hydrogens (primary N) is 1. The number of rotatable bonds is 3. The van der Waals surface area contributed by atoms with Crippen molar-refractivity contribution in [2.45, 2.75) is 50.7 Å². The number of ether oxygens (including phenoxy) is 1. The molecule has 1 heterocycles. The summed E-state index contributed by atoms with van der Waals surface area (Å²) in [5.41, 5.74) is 7.07. The maximum atomic E-state index is 12.5. The molecule has 1 amide bonds. The van der Waals surface area contributed by atoms with Gasteiger partial charge in [-0.1, -0.05) is 25.0 Å². The molecule has 22 heavy (non-hydrogen) atoms. The molecular weight excluding hydrogens is 300 g/mol. The molecule has 0 radical (unpaired) electrons. The second-order valence-corrected chi connectivity index (χ2v) is 6.12. The highest BCUT2D eigenvalue weighted by molar-refractivity contribution is 5.99. The molecule has 2 aliphatic rings. The van der Waals surface area contributed by atoms with E-state index in [1.807, 2.05) is 17.0 Å². The third-order valence-corrected chi connectivity index (χ3v) is 4.61. The molecule has 0 unspecified atom stereocenters. The van der Waals surface area contributed by atoms with Crippen LogP contribution in [-0.4, -0.2) is 36.1 Å². The molecule has 0 bridgehead atoms. The standard InChI is InChI=1S/C17H24N2O2.ClH/c18-16-8-4-3-7-15(16)17(20)19-11-9-14(10-12-19)21-13-5-1-2-6-13;/h3-4,7-8,13-14H,1-2,5-6,9-12,18H2;1H. The number of hydrogen-bond donors (Lipinski definition) is 1. The minimum absolute atomic E-state index is 0. The molecule has 122 valence electrons. The van der Waals surface area contributed by atoms with Crippen LogP contribution >= 0.6 is 12.4 Å². The fraction of sp³-hybridized carbons (Fsp3) is 0.588. The predicted octanol–water partition coefficient (Wildman–Crippen LogP) is 3.25. The van der Waals surface area contributed by atoms with Gasteiger partial charge in [-0.15, -0.1) is 12.4 Å². The zero-order chi connectivity index (χ0) is 14.7. The molecule has 4 nitrogen and oxygen atoms in total. The number of likely N-dealkylation sites (tertiary alicyclic amines) is 1. The number of para-hydroxylation sites is 1. The molecule has 1 saturated heterocycles. The van der Waals surface area contributed by atoms with Crippen LogP contribution in [0.3, 0.4) is 0 Å². The third-order valence-electron chi connectivity index (χ3n) is 4.61. The van der Waals surface area contributed by atoms with Crippen LogP contribution in [0.4, 0.5) is 5.69 Å². The van der Waals surface area contributed by atoms with Gasteiger partial charge < -0.3 is 15.4 Å². The van der Waals surface area contributed by atoms with Crippen LogP contribution in [-0.2, 0) is 4.74 Å². The van der Waals surface area contributed by atoms with E-state index >= 15 is 0 Å². The normalized spacial score (nSPS) is 19.9. The molecule has 1 saturated carbocycles. The molecule has 0 spiro atoms. The van der Waals surface area contributed by atoms with Gasteiger partial charge in [0, 0.05) is 18.8 Å². The van der Waals surface area contributed by atoms with Gasteiger partial charge in [-0.25, -0.2) is 0 Å². The number of hydrogen-bond acceptors (Lipinski definition) is 3.